The van der Waals surface area contributed by atoms with Crippen molar-refractivity contribution >= 4 is 23.2 Å². The van der Waals surface area contributed by atoms with Crippen molar-refractivity contribution in [2.24, 2.45) is 0 Å². The lowest BCUT2D eigenvalue weighted by Gasteiger charge is -2.18. The van der Waals surface area contributed by atoms with Crippen LogP contribution in [0.2, 0.25) is 10.0 Å². The van der Waals surface area contributed by atoms with Crippen LogP contribution in [0.1, 0.15) is 32.0 Å². The Morgan fingerprint density at radius 1 is 1.10 bits per heavy atom. The molecule has 0 aliphatic rings. The van der Waals surface area contributed by atoms with E-state index in [1.807, 2.05) is 25.8 Å². The number of aromatic nitrogens is 5. The van der Waals surface area contributed by atoms with E-state index in [1.165, 1.54) is 18.2 Å². The second-order valence-electron chi connectivity index (χ2n) is 7.17. The molecule has 30 heavy (non-hydrogen) atoms. The molecule has 3 aromatic rings. The Labute approximate surface area is 178 Å². The predicted molar refractivity (Wildman–Crippen MR) is 109 cm³/mol. The molecule has 0 unspecified atom stereocenters. The maximum absolute atomic E-state index is 12.0. The second-order valence-corrected chi connectivity index (χ2v) is 7.99. The third-order valence-electron chi connectivity index (χ3n) is 3.96. The molecule has 10 nitrogen and oxygen atoms in total. The molecule has 1 aromatic carbocycles. The van der Waals surface area contributed by atoms with Gasteiger partial charge in [0, 0.05) is 11.6 Å². The van der Waals surface area contributed by atoms with E-state index in [0.29, 0.717) is 5.56 Å². The number of benzene rings is 1. The number of aromatic amines is 2. The first-order valence-corrected chi connectivity index (χ1v) is 9.18. The highest BCUT2D eigenvalue weighted by atomic mass is 35.5. The van der Waals surface area contributed by atoms with Crippen molar-refractivity contribution in [2.45, 2.75) is 26.2 Å². The Morgan fingerprint density at radius 3 is 2.30 bits per heavy atom. The summed E-state index contributed by atoms with van der Waals surface area (Å²) in [6.07, 6.45) is 0. The molecule has 12 heteroatoms. The minimum absolute atomic E-state index is 0.00113. The molecule has 0 atom stereocenters. The topological polar surface area (TPSA) is 147 Å². The van der Waals surface area contributed by atoms with Crippen LogP contribution < -0.4 is 21.5 Å². The molecule has 0 saturated carbocycles. The second kappa shape index (κ2) is 7.78. The van der Waals surface area contributed by atoms with Crippen molar-refractivity contribution in [1.29, 1.82) is 5.26 Å². The third-order valence-corrected chi connectivity index (χ3v) is 4.52. The monoisotopic (exact) mass is 448 g/mol. The molecular formula is C18H14Cl2N6O4. The number of ether oxygens (including phenoxy) is 1. The van der Waals surface area contributed by atoms with E-state index in [0.717, 1.165) is 4.68 Å². The van der Waals surface area contributed by atoms with Crippen LogP contribution in [0.15, 0.2) is 32.6 Å². The van der Waals surface area contributed by atoms with Crippen LogP contribution in [-0.2, 0) is 5.41 Å². The van der Waals surface area contributed by atoms with Gasteiger partial charge in [-0.05, 0) is 17.5 Å². The largest absolute Gasteiger partial charge is 0.434 e. The summed E-state index contributed by atoms with van der Waals surface area (Å²) in [6.45, 7) is 5.58. The van der Waals surface area contributed by atoms with E-state index >= 15 is 0 Å². The summed E-state index contributed by atoms with van der Waals surface area (Å²) >= 11 is 12.5. The van der Waals surface area contributed by atoms with Crippen LogP contribution in [0.5, 0.6) is 11.6 Å². The molecule has 0 radical (unpaired) electrons. The highest BCUT2D eigenvalue weighted by Crippen LogP contribution is 2.37. The summed E-state index contributed by atoms with van der Waals surface area (Å²) in [5, 5.41) is 18.8. The van der Waals surface area contributed by atoms with Crippen LogP contribution in [0.3, 0.4) is 0 Å². The van der Waals surface area contributed by atoms with Gasteiger partial charge >= 0.3 is 5.69 Å². The third kappa shape index (κ3) is 4.12. The maximum atomic E-state index is 12.0. The first kappa shape index (κ1) is 21.3. The lowest BCUT2D eigenvalue weighted by atomic mass is 9.88. The fraction of sp³-hybridized carbons (Fsp3) is 0.222. The zero-order valence-electron chi connectivity index (χ0n) is 15.9. The summed E-state index contributed by atoms with van der Waals surface area (Å²) < 4.78 is 6.43. The van der Waals surface area contributed by atoms with E-state index in [1.54, 1.807) is 6.07 Å². The van der Waals surface area contributed by atoms with Gasteiger partial charge in [0.2, 0.25) is 11.6 Å². The zero-order chi connectivity index (χ0) is 22.2. The van der Waals surface area contributed by atoms with Crippen molar-refractivity contribution in [3.63, 3.8) is 0 Å². The molecule has 154 valence electrons. The van der Waals surface area contributed by atoms with E-state index in [9.17, 15) is 14.4 Å². The molecule has 2 N–H and O–H groups in total. The van der Waals surface area contributed by atoms with Crippen molar-refractivity contribution in [3.05, 3.63) is 70.7 Å². The quantitative estimate of drug-likeness (QED) is 0.624. The van der Waals surface area contributed by atoms with Crippen LogP contribution in [0.25, 0.3) is 5.69 Å². The number of H-pyrrole nitrogens is 2. The normalized spacial score (nSPS) is 11.2. The summed E-state index contributed by atoms with van der Waals surface area (Å²) in [5.41, 5.74) is -2.55. The number of nitrogens with zero attached hydrogens (tertiary/aromatic N) is 4. The predicted octanol–water partition coefficient (Wildman–Crippen LogP) is 2.27. The van der Waals surface area contributed by atoms with Crippen molar-refractivity contribution < 1.29 is 4.74 Å². The van der Waals surface area contributed by atoms with Gasteiger partial charge in [-0.3, -0.25) is 14.6 Å². The minimum atomic E-state index is -0.908. The Hall–Kier alpha value is -3.42. The lowest BCUT2D eigenvalue weighted by molar-refractivity contribution is 0.448. The molecule has 0 spiro atoms. The van der Waals surface area contributed by atoms with Gasteiger partial charge in [0.05, 0.1) is 15.7 Å². The lowest BCUT2D eigenvalue weighted by Crippen LogP contribution is -2.33. The molecule has 0 aliphatic heterocycles. The molecule has 0 amide bonds. The number of rotatable bonds is 3. The van der Waals surface area contributed by atoms with E-state index < -0.39 is 22.4 Å². The van der Waals surface area contributed by atoms with Crippen molar-refractivity contribution in [1.82, 2.24) is 25.0 Å². The standard InChI is InChI=1S/C18H14Cl2N6O4/c1-18(2,3)9-6-13(23-24-15(9)27)30-14-10(19)4-8(5-11(14)20)26-17(29)22-16(28)12(7-21)25-26/h4-6H,1-3H3,(H,24,27)(H,22,28,29). The van der Waals surface area contributed by atoms with Gasteiger partial charge in [-0.2, -0.15) is 9.94 Å². The summed E-state index contributed by atoms with van der Waals surface area (Å²) in [5.74, 6) is 0.0849. The smallest absolute Gasteiger partial charge is 0.349 e. The summed E-state index contributed by atoms with van der Waals surface area (Å²) in [7, 11) is 0. The maximum Gasteiger partial charge on any atom is 0.349 e. The van der Waals surface area contributed by atoms with Crippen molar-refractivity contribution in [2.75, 3.05) is 0 Å². The fourth-order valence-corrected chi connectivity index (χ4v) is 3.07. The number of hydrogen-bond acceptors (Lipinski definition) is 7. The summed E-state index contributed by atoms with van der Waals surface area (Å²) in [4.78, 5) is 37.5. The Morgan fingerprint density at radius 2 is 1.73 bits per heavy atom. The minimum Gasteiger partial charge on any atom is -0.434 e. The number of nitrogens with one attached hydrogen (secondary N) is 2. The van der Waals surface area contributed by atoms with Gasteiger partial charge < -0.3 is 4.74 Å². The SMILES string of the molecule is CC(C)(C)c1cc(Oc2c(Cl)cc(-n3nc(C#N)c(=O)[nH]c3=O)cc2Cl)n[nH]c1=O. The van der Waals surface area contributed by atoms with Crippen LogP contribution in [0.4, 0.5) is 0 Å². The van der Waals surface area contributed by atoms with Gasteiger partial charge in [-0.1, -0.05) is 44.0 Å². The first-order valence-electron chi connectivity index (χ1n) is 8.42. The average molecular weight is 449 g/mol. The molecule has 0 saturated heterocycles. The Bertz CT molecular complexity index is 1340. The zero-order valence-corrected chi connectivity index (χ0v) is 17.4. The summed E-state index contributed by atoms with van der Waals surface area (Å²) in [6, 6.07) is 5.69. The molecule has 3 rings (SSSR count). The highest BCUT2D eigenvalue weighted by Gasteiger charge is 2.21. The van der Waals surface area contributed by atoms with Gasteiger partial charge in [0.1, 0.15) is 6.07 Å². The van der Waals surface area contributed by atoms with Crippen LogP contribution >= 0.6 is 23.2 Å². The molecule has 0 aliphatic carbocycles. The van der Waals surface area contributed by atoms with Gasteiger partial charge in [0.25, 0.3) is 11.1 Å². The van der Waals surface area contributed by atoms with Gasteiger partial charge in [-0.25, -0.2) is 9.89 Å². The van der Waals surface area contributed by atoms with Gasteiger partial charge in [-0.15, -0.1) is 10.2 Å². The Balaban J connectivity index is 2.06. The number of halogens is 2. The van der Waals surface area contributed by atoms with E-state index in [2.05, 4.69) is 15.3 Å². The number of hydrogen-bond donors (Lipinski definition) is 2. The molecule has 2 aromatic heterocycles. The van der Waals surface area contributed by atoms with Gasteiger partial charge in [0.15, 0.2) is 5.75 Å². The molecule has 2 heterocycles. The number of nitriles is 1. The molecule has 0 fully saturated rings. The fourth-order valence-electron chi connectivity index (χ4n) is 2.52. The highest BCUT2D eigenvalue weighted by molar-refractivity contribution is 6.37. The van der Waals surface area contributed by atoms with E-state index in [4.69, 9.17) is 33.2 Å². The molecular weight excluding hydrogens is 435 g/mol. The van der Waals surface area contributed by atoms with Crippen LogP contribution in [-0.4, -0.2) is 25.0 Å². The first-order chi connectivity index (χ1) is 14.0. The average Bonchev–Trinajstić information content (AvgIpc) is 2.65. The van der Waals surface area contributed by atoms with Crippen LogP contribution in [0, 0.1) is 11.3 Å². The molecule has 0 bridgehead atoms. The van der Waals surface area contributed by atoms with Crippen molar-refractivity contribution in [3.8, 4) is 23.4 Å². The van der Waals surface area contributed by atoms with E-state index in [-0.39, 0.29) is 32.9 Å². The Kier molecular flexibility index (Phi) is 5.52.